The summed E-state index contributed by atoms with van der Waals surface area (Å²) in [5.74, 6) is -0.218. The average Bonchev–Trinajstić information content (AvgIpc) is 2.62. The molecule has 2 aromatic carbocycles. The number of hydrogen-bond donors (Lipinski definition) is 2. The molecule has 1 aromatic heterocycles. The minimum Gasteiger partial charge on any atom is -0.341 e. The number of Topliss-reactive ketones (excluding diaryl/α,β-unsaturated/α-hetero) is 1. The van der Waals surface area contributed by atoms with Gasteiger partial charge in [-0.05, 0) is 24.1 Å². The van der Waals surface area contributed by atoms with Crippen molar-refractivity contribution in [1.82, 2.24) is 4.98 Å². The number of anilines is 2. The van der Waals surface area contributed by atoms with Crippen LogP contribution in [0.15, 0.2) is 47.3 Å². The lowest BCUT2D eigenvalue weighted by molar-refractivity contribution is -0.383. The van der Waals surface area contributed by atoms with Crippen molar-refractivity contribution in [3.05, 3.63) is 73.4 Å². The summed E-state index contributed by atoms with van der Waals surface area (Å²) in [7, 11) is 0. The van der Waals surface area contributed by atoms with E-state index in [1.807, 2.05) is 19.9 Å². The standard InChI is InChI=1S/C20H18ClN3O4/c1-11(2)10-15(25)17-19(26)16-14(24(27)28)9-8-13(21)18(16)23-20(17)22-12-6-4-3-5-7-12/h3-9,11H,10H2,1-2H3,(H2,22,23,26). The Morgan fingerprint density at radius 2 is 1.89 bits per heavy atom. The van der Waals surface area contributed by atoms with Crippen LogP contribution in [0.1, 0.15) is 30.6 Å². The van der Waals surface area contributed by atoms with Gasteiger partial charge in [0.15, 0.2) is 5.78 Å². The van der Waals surface area contributed by atoms with Crippen LogP contribution in [0.3, 0.4) is 0 Å². The molecule has 28 heavy (non-hydrogen) atoms. The van der Waals surface area contributed by atoms with Gasteiger partial charge >= 0.3 is 0 Å². The third-order valence-electron chi connectivity index (χ3n) is 4.20. The van der Waals surface area contributed by atoms with Crippen LogP contribution in [0.25, 0.3) is 10.9 Å². The lowest BCUT2D eigenvalue weighted by Crippen LogP contribution is -2.21. The number of carbonyl (C=O) groups is 1. The van der Waals surface area contributed by atoms with E-state index in [4.69, 9.17) is 11.6 Å². The van der Waals surface area contributed by atoms with Crippen LogP contribution in [0.2, 0.25) is 5.02 Å². The molecule has 0 aliphatic heterocycles. The second-order valence-corrected chi connectivity index (χ2v) is 7.20. The number of H-pyrrole nitrogens is 1. The minimum atomic E-state index is -0.716. The third-order valence-corrected chi connectivity index (χ3v) is 4.51. The van der Waals surface area contributed by atoms with Gasteiger partial charge in [0.1, 0.15) is 16.8 Å². The van der Waals surface area contributed by atoms with Crippen molar-refractivity contribution < 1.29 is 9.72 Å². The summed E-state index contributed by atoms with van der Waals surface area (Å²) in [5, 5.41) is 14.4. The first kappa shape index (κ1) is 19.6. The third kappa shape index (κ3) is 3.75. The fourth-order valence-electron chi connectivity index (χ4n) is 2.99. The molecule has 2 N–H and O–H groups in total. The molecule has 144 valence electrons. The number of nitro benzene ring substituents is 1. The van der Waals surface area contributed by atoms with E-state index in [0.717, 1.165) is 0 Å². The van der Waals surface area contributed by atoms with Gasteiger partial charge in [-0.15, -0.1) is 0 Å². The molecule has 0 radical (unpaired) electrons. The molecule has 0 atom stereocenters. The van der Waals surface area contributed by atoms with Crippen molar-refractivity contribution in [2.24, 2.45) is 5.92 Å². The van der Waals surface area contributed by atoms with Gasteiger partial charge in [0.05, 0.1) is 15.5 Å². The smallest absolute Gasteiger partial charge is 0.282 e. The molecule has 0 fully saturated rings. The fourth-order valence-corrected chi connectivity index (χ4v) is 3.20. The topological polar surface area (TPSA) is 105 Å². The van der Waals surface area contributed by atoms with E-state index >= 15 is 0 Å². The number of fused-ring (bicyclic) bond motifs is 1. The molecule has 0 aliphatic carbocycles. The van der Waals surface area contributed by atoms with Crippen LogP contribution in [-0.2, 0) is 0 Å². The van der Waals surface area contributed by atoms with E-state index in [-0.39, 0.29) is 39.6 Å². The van der Waals surface area contributed by atoms with Crippen LogP contribution in [-0.4, -0.2) is 15.7 Å². The molecular weight excluding hydrogens is 382 g/mol. The van der Waals surface area contributed by atoms with E-state index in [1.165, 1.54) is 12.1 Å². The van der Waals surface area contributed by atoms with Gasteiger partial charge in [-0.25, -0.2) is 0 Å². The molecule has 3 aromatic rings. The van der Waals surface area contributed by atoms with Crippen molar-refractivity contribution in [2.45, 2.75) is 20.3 Å². The molecular formula is C20H18ClN3O4. The molecule has 0 aliphatic rings. The van der Waals surface area contributed by atoms with Gasteiger partial charge in [0.25, 0.3) is 5.69 Å². The van der Waals surface area contributed by atoms with Crippen LogP contribution in [0, 0.1) is 16.0 Å². The summed E-state index contributed by atoms with van der Waals surface area (Å²) >= 11 is 6.19. The fraction of sp³-hybridized carbons (Fsp3) is 0.200. The van der Waals surface area contributed by atoms with E-state index in [9.17, 15) is 19.7 Å². The zero-order chi connectivity index (χ0) is 20.4. The Hall–Kier alpha value is -3.19. The van der Waals surface area contributed by atoms with Crippen molar-refractivity contribution in [1.29, 1.82) is 0 Å². The number of rotatable bonds is 6. The largest absolute Gasteiger partial charge is 0.341 e. The summed E-state index contributed by atoms with van der Waals surface area (Å²) in [6.45, 7) is 3.72. The highest BCUT2D eigenvalue weighted by molar-refractivity contribution is 6.35. The number of carbonyl (C=O) groups excluding carboxylic acids is 1. The van der Waals surface area contributed by atoms with E-state index in [0.29, 0.717) is 5.69 Å². The number of benzene rings is 2. The average molecular weight is 400 g/mol. The first-order valence-electron chi connectivity index (χ1n) is 8.67. The maximum atomic E-state index is 13.2. The Balaban J connectivity index is 2.34. The zero-order valence-corrected chi connectivity index (χ0v) is 16.0. The van der Waals surface area contributed by atoms with Gasteiger partial charge in [0.2, 0.25) is 5.43 Å². The molecule has 0 bridgehead atoms. The number of nitro groups is 1. The predicted octanol–water partition coefficient (Wildman–Crippen LogP) is 5.06. The lowest BCUT2D eigenvalue weighted by Gasteiger charge is -2.14. The van der Waals surface area contributed by atoms with Crippen LogP contribution >= 0.6 is 11.6 Å². The summed E-state index contributed by atoms with van der Waals surface area (Å²) < 4.78 is 0. The molecule has 0 spiro atoms. The Kier molecular flexibility index (Phi) is 5.46. The van der Waals surface area contributed by atoms with Gasteiger partial charge in [0, 0.05) is 18.2 Å². The second kappa shape index (κ2) is 7.82. The Labute approximate surface area is 165 Å². The maximum Gasteiger partial charge on any atom is 0.282 e. The molecule has 8 heteroatoms. The number of aromatic amines is 1. The summed E-state index contributed by atoms with van der Waals surface area (Å²) in [5.41, 5.74) is -0.494. The highest BCUT2D eigenvalue weighted by atomic mass is 35.5. The molecule has 0 unspecified atom stereocenters. The number of non-ortho nitro benzene ring substituents is 1. The summed E-state index contributed by atoms with van der Waals surface area (Å²) in [6.07, 6.45) is 0.131. The molecule has 0 saturated carbocycles. The maximum absolute atomic E-state index is 13.2. The zero-order valence-electron chi connectivity index (χ0n) is 15.3. The van der Waals surface area contributed by atoms with E-state index in [1.54, 1.807) is 24.3 Å². The van der Waals surface area contributed by atoms with Gasteiger partial charge in [-0.3, -0.25) is 19.7 Å². The van der Waals surface area contributed by atoms with Crippen LogP contribution in [0.4, 0.5) is 17.2 Å². The van der Waals surface area contributed by atoms with E-state index in [2.05, 4.69) is 10.3 Å². The normalized spacial score (nSPS) is 11.0. The van der Waals surface area contributed by atoms with Gasteiger partial charge in [-0.1, -0.05) is 43.6 Å². The quantitative estimate of drug-likeness (QED) is 0.342. The molecule has 1 heterocycles. The number of ketones is 1. The predicted molar refractivity (Wildman–Crippen MR) is 110 cm³/mol. The number of aromatic nitrogens is 1. The number of nitrogens with one attached hydrogen (secondary N) is 2. The molecule has 0 amide bonds. The molecule has 3 rings (SSSR count). The highest BCUT2D eigenvalue weighted by Crippen LogP contribution is 2.31. The van der Waals surface area contributed by atoms with Crippen LogP contribution in [0.5, 0.6) is 0 Å². The SMILES string of the molecule is CC(C)CC(=O)c1c(Nc2ccccc2)[nH]c2c(Cl)ccc([N+](=O)[O-])c2c1=O. The van der Waals surface area contributed by atoms with Crippen LogP contribution < -0.4 is 10.7 Å². The first-order valence-corrected chi connectivity index (χ1v) is 9.05. The first-order chi connectivity index (χ1) is 13.3. The van der Waals surface area contributed by atoms with Crippen molar-refractivity contribution in [3.63, 3.8) is 0 Å². The Bertz CT molecular complexity index is 1120. The van der Waals surface area contributed by atoms with Gasteiger partial charge < -0.3 is 10.3 Å². The van der Waals surface area contributed by atoms with Crippen molar-refractivity contribution in [2.75, 3.05) is 5.32 Å². The summed E-state index contributed by atoms with van der Waals surface area (Å²) in [4.78, 5) is 39.7. The van der Waals surface area contributed by atoms with Crippen molar-refractivity contribution >= 4 is 45.5 Å². The number of pyridine rings is 1. The Morgan fingerprint density at radius 1 is 1.21 bits per heavy atom. The number of hydrogen-bond acceptors (Lipinski definition) is 5. The monoisotopic (exact) mass is 399 g/mol. The van der Waals surface area contributed by atoms with E-state index < -0.39 is 21.8 Å². The number of halogens is 1. The number of nitrogens with zero attached hydrogens (tertiary/aromatic N) is 1. The molecule has 7 nitrogen and oxygen atoms in total. The van der Waals surface area contributed by atoms with Gasteiger partial charge in [-0.2, -0.15) is 0 Å². The van der Waals surface area contributed by atoms with Crippen molar-refractivity contribution in [3.8, 4) is 0 Å². The second-order valence-electron chi connectivity index (χ2n) is 6.79. The summed E-state index contributed by atoms with van der Waals surface area (Å²) in [6, 6.07) is 11.5. The Morgan fingerprint density at radius 3 is 2.50 bits per heavy atom. The minimum absolute atomic E-state index is 0.0153. The lowest BCUT2D eigenvalue weighted by atomic mass is 9.99. The highest BCUT2D eigenvalue weighted by Gasteiger charge is 2.26. The molecule has 0 saturated heterocycles. The number of para-hydroxylation sites is 1.